The van der Waals surface area contributed by atoms with Gasteiger partial charge in [-0.05, 0) is 74.2 Å². The maximum Gasteiger partial charge on any atom is 0.241 e. The van der Waals surface area contributed by atoms with Gasteiger partial charge in [0.25, 0.3) is 0 Å². The third kappa shape index (κ3) is 8.31. The molecule has 1 saturated carbocycles. The first-order chi connectivity index (χ1) is 20.1. The van der Waals surface area contributed by atoms with Crippen molar-refractivity contribution in [1.82, 2.24) is 9.88 Å². The van der Waals surface area contributed by atoms with Crippen LogP contribution in [-0.4, -0.2) is 54.9 Å². The summed E-state index contributed by atoms with van der Waals surface area (Å²) in [4.78, 5) is 9.16. The number of nitrogen functional groups attached to an aromatic ring is 1. The summed E-state index contributed by atoms with van der Waals surface area (Å²) in [6, 6.07) is 15.7. The van der Waals surface area contributed by atoms with Gasteiger partial charge < -0.3 is 19.9 Å². The highest BCUT2D eigenvalue weighted by Crippen LogP contribution is 2.39. The van der Waals surface area contributed by atoms with E-state index in [0.717, 1.165) is 75.5 Å². The molecule has 1 aliphatic carbocycles. The number of hydrogen-bond acceptors (Lipinski definition) is 7. The van der Waals surface area contributed by atoms with Gasteiger partial charge in [0.2, 0.25) is 6.29 Å². The first-order valence-electron chi connectivity index (χ1n) is 15.3. The topological polar surface area (TPSA) is 93.7 Å². The number of nitrogens with two attached hydrogens (primary N) is 1. The minimum absolute atomic E-state index is 0.0469. The van der Waals surface area contributed by atoms with Crippen LogP contribution in [0.5, 0.6) is 11.5 Å². The lowest BCUT2D eigenvalue weighted by molar-refractivity contribution is -0.00211. The number of amidine groups is 1. The fraction of sp³-hybridized carbons (Fsp3) is 0.515. The Labute approximate surface area is 248 Å². The average molecular weight is 577 g/mol. The van der Waals surface area contributed by atoms with Crippen molar-refractivity contribution in [3.8, 4) is 22.8 Å². The van der Waals surface area contributed by atoms with Gasteiger partial charge in [-0.3, -0.25) is 10.3 Å². The third-order valence-electron chi connectivity index (χ3n) is 8.05. The number of rotatable bonds is 13. The molecule has 2 heterocycles. The zero-order chi connectivity index (χ0) is 28.4. The van der Waals surface area contributed by atoms with E-state index in [9.17, 15) is 0 Å². The van der Waals surface area contributed by atoms with Gasteiger partial charge in [-0.25, -0.2) is 4.98 Å². The van der Waals surface area contributed by atoms with Crippen molar-refractivity contribution >= 4 is 17.2 Å². The minimum atomic E-state index is -0.398. The molecule has 3 N–H and O–H groups in total. The molecule has 220 valence electrons. The Morgan fingerprint density at radius 1 is 1.02 bits per heavy atom. The number of nitrogens with one attached hydrogen (secondary N) is 1. The number of morpholine rings is 1. The third-order valence-corrected chi connectivity index (χ3v) is 9.33. The van der Waals surface area contributed by atoms with Crippen LogP contribution in [0.15, 0.2) is 48.5 Å². The van der Waals surface area contributed by atoms with Crippen molar-refractivity contribution in [1.29, 1.82) is 5.41 Å². The summed E-state index contributed by atoms with van der Waals surface area (Å²) in [7, 11) is 0. The smallest absolute Gasteiger partial charge is 0.241 e. The highest BCUT2D eigenvalue weighted by molar-refractivity contribution is 7.12. The van der Waals surface area contributed by atoms with E-state index in [1.165, 1.54) is 42.0 Å². The van der Waals surface area contributed by atoms with Crippen LogP contribution in [0, 0.1) is 5.41 Å². The lowest BCUT2D eigenvalue weighted by atomic mass is 9.90. The molecule has 0 radical (unpaired) electrons. The number of aromatic nitrogens is 1. The Morgan fingerprint density at radius 3 is 2.32 bits per heavy atom. The van der Waals surface area contributed by atoms with E-state index in [0.29, 0.717) is 17.2 Å². The maximum absolute atomic E-state index is 7.60. The van der Waals surface area contributed by atoms with E-state index in [4.69, 9.17) is 30.3 Å². The second kappa shape index (κ2) is 14.8. The van der Waals surface area contributed by atoms with Gasteiger partial charge in [-0.1, -0.05) is 32.6 Å². The van der Waals surface area contributed by atoms with Crippen LogP contribution in [0.1, 0.15) is 79.7 Å². The van der Waals surface area contributed by atoms with Gasteiger partial charge in [0.15, 0.2) is 0 Å². The number of unbranched alkanes of at least 4 members (excludes halogenated alkanes) is 1. The molecule has 1 aliphatic heterocycles. The summed E-state index contributed by atoms with van der Waals surface area (Å²) in [5.74, 6) is 2.14. The lowest BCUT2D eigenvalue weighted by Crippen LogP contribution is -2.37. The zero-order valence-electron chi connectivity index (χ0n) is 24.3. The Morgan fingerprint density at radius 2 is 1.68 bits per heavy atom. The van der Waals surface area contributed by atoms with Gasteiger partial charge in [0.1, 0.15) is 17.3 Å². The van der Waals surface area contributed by atoms with Crippen LogP contribution < -0.4 is 15.2 Å². The summed E-state index contributed by atoms with van der Waals surface area (Å²) in [5.41, 5.74) is 8.56. The normalized spacial score (nSPS) is 17.3. The highest BCUT2D eigenvalue weighted by Gasteiger charge is 2.23. The Bertz CT molecular complexity index is 1230. The molecule has 0 bridgehead atoms. The Balaban J connectivity index is 1.30. The number of nitrogens with zero attached hydrogens (tertiary/aromatic N) is 2. The molecule has 0 spiro atoms. The van der Waals surface area contributed by atoms with Crippen LogP contribution in [0.4, 0.5) is 0 Å². The molecule has 2 fully saturated rings. The molecule has 0 amide bonds. The fourth-order valence-corrected chi connectivity index (χ4v) is 6.84. The molecule has 1 unspecified atom stereocenters. The Kier molecular flexibility index (Phi) is 10.7. The molecule has 5 rings (SSSR count). The fourth-order valence-electron chi connectivity index (χ4n) is 5.59. The maximum atomic E-state index is 7.60. The summed E-state index contributed by atoms with van der Waals surface area (Å²) < 4.78 is 18.1. The molecule has 3 aromatic rings. The van der Waals surface area contributed by atoms with Gasteiger partial charge in [0, 0.05) is 48.0 Å². The van der Waals surface area contributed by atoms with E-state index in [1.54, 1.807) is 12.1 Å². The molecule has 2 aliphatic rings. The molecule has 1 atom stereocenters. The molecule has 1 saturated heterocycles. The molecule has 8 heteroatoms. The van der Waals surface area contributed by atoms with Crippen molar-refractivity contribution in [2.45, 2.75) is 76.9 Å². The van der Waals surface area contributed by atoms with Gasteiger partial charge in [0.05, 0.1) is 23.9 Å². The molecule has 2 aromatic carbocycles. The summed E-state index contributed by atoms with van der Waals surface area (Å²) >= 11 is 1.94. The standard InChI is InChI=1S/C33H44N4O3S/c1-2-3-9-30(40-28-16-12-25(13-17-28)32(34)35)39-27-14-10-24(11-15-27)31-29(18-19-37-20-22-38-23-21-37)41-33(36-31)26-7-5-4-6-8-26/h10-17,26,30H,2-9,18-23H2,1H3,(H3,34,35). The molecular weight excluding hydrogens is 532 g/mol. The van der Waals surface area contributed by atoms with Crippen LogP contribution in [0.25, 0.3) is 11.3 Å². The van der Waals surface area contributed by atoms with E-state index in [-0.39, 0.29) is 5.84 Å². The van der Waals surface area contributed by atoms with Crippen molar-refractivity contribution in [2.24, 2.45) is 5.73 Å². The molecule has 41 heavy (non-hydrogen) atoms. The largest absolute Gasteiger partial charge is 0.455 e. The second-order valence-electron chi connectivity index (χ2n) is 11.1. The Hall–Kier alpha value is -2.94. The monoisotopic (exact) mass is 576 g/mol. The van der Waals surface area contributed by atoms with Crippen molar-refractivity contribution in [3.63, 3.8) is 0 Å². The van der Waals surface area contributed by atoms with Crippen LogP contribution in [0.3, 0.4) is 0 Å². The van der Waals surface area contributed by atoms with E-state index < -0.39 is 6.29 Å². The summed E-state index contributed by atoms with van der Waals surface area (Å²) in [6.45, 7) is 6.90. The molecular formula is C33H44N4O3S. The number of thiazole rings is 1. The van der Waals surface area contributed by atoms with E-state index in [1.807, 2.05) is 35.6 Å². The predicted molar refractivity (Wildman–Crippen MR) is 166 cm³/mol. The van der Waals surface area contributed by atoms with Crippen LogP contribution >= 0.6 is 11.3 Å². The van der Waals surface area contributed by atoms with Crippen molar-refractivity contribution in [3.05, 3.63) is 64.0 Å². The highest BCUT2D eigenvalue weighted by atomic mass is 32.1. The SMILES string of the molecule is CCCCC(Oc1ccc(C(=N)N)cc1)Oc1ccc(-c2nc(C3CCCCC3)sc2CCN2CCOCC2)cc1. The number of benzene rings is 2. The zero-order valence-corrected chi connectivity index (χ0v) is 25.1. The quantitative estimate of drug-likeness (QED) is 0.129. The van der Waals surface area contributed by atoms with Crippen LogP contribution in [0.2, 0.25) is 0 Å². The van der Waals surface area contributed by atoms with Crippen molar-refractivity contribution in [2.75, 3.05) is 32.8 Å². The van der Waals surface area contributed by atoms with E-state index >= 15 is 0 Å². The van der Waals surface area contributed by atoms with Crippen LogP contribution in [-0.2, 0) is 11.2 Å². The average Bonchev–Trinajstić information content (AvgIpc) is 3.45. The molecule has 1 aromatic heterocycles. The van der Waals surface area contributed by atoms with Crippen molar-refractivity contribution < 1.29 is 14.2 Å². The van der Waals surface area contributed by atoms with E-state index in [2.05, 4.69) is 24.0 Å². The number of ether oxygens (including phenoxy) is 3. The van der Waals surface area contributed by atoms with Gasteiger partial charge >= 0.3 is 0 Å². The second-order valence-corrected chi connectivity index (χ2v) is 12.2. The first kappa shape index (κ1) is 29.5. The predicted octanol–water partition coefficient (Wildman–Crippen LogP) is 6.99. The van der Waals surface area contributed by atoms with Gasteiger partial charge in [-0.2, -0.15) is 0 Å². The summed E-state index contributed by atoms with van der Waals surface area (Å²) in [6.07, 6.45) is 9.99. The van der Waals surface area contributed by atoms with Gasteiger partial charge in [-0.15, -0.1) is 11.3 Å². The minimum Gasteiger partial charge on any atom is -0.455 e. The number of hydrogen-bond donors (Lipinski definition) is 2. The summed E-state index contributed by atoms with van der Waals surface area (Å²) in [5, 5.41) is 8.93. The lowest BCUT2D eigenvalue weighted by Gasteiger charge is -2.26. The first-order valence-corrected chi connectivity index (χ1v) is 16.1. The molecule has 7 nitrogen and oxygen atoms in total.